The molecule has 3 aromatic carbocycles. The van der Waals surface area contributed by atoms with Gasteiger partial charge in [-0.25, -0.2) is 4.98 Å². The summed E-state index contributed by atoms with van der Waals surface area (Å²) in [6.45, 7) is 3.67. The Bertz CT molecular complexity index is 1460. The van der Waals surface area contributed by atoms with Crippen LogP contribution in [0.25, 0.3) is 10.9 Å². The van der Waals surface area contributed by atoms with E-state index in [1.807, 2.05) is 36.4 Å². The molecule has 7 heteroatoms. The number of fused-ring (bicyclic) bond motifs is 2. The third-order valence-corrected chi connectivity index (χ3v) is 8.58. The van der Waals surface area contributed by atoms with Crippen LogP contribution in [0.1, 0.15) is 67.0 Å². The molecule has 0 spiro atoms. The summed E-state index contributed by atoms with van der Waals surface area (Å²) in [5, 5.41) is 1.12. The molecule has 0 radical (unpaired) electrons. The van der Waals surface area contributed by atoms with Gasteiger partial charge >= 0.3 is 5.97 Å². The van der Waals surface area contributed by atoms with Gasteiger partial charge in [-0.2, -0.15) is 0 Å². The zero-order valence-corrected chi connectivity index (χ0v) is 26.3. The maximum atomic E-state index is 13.2. The number of likely N-dealkylation sites (tertiary alicyclic amines) is 1. The Hall–Kier alpha value is -3.12. The fourth-order valence-electron chi connectivity index (χ4n) is 6.36. The Balaban J connectivity index is 0.00000212. The number of carbonyl (C=O) groups is 1. The average Bonchev–Trinajstić information content (AvgIpc) is 3.02. The quantitative estimate of drug-likeness (QED) is 0.167. The molecular formula is C36H42Cl2N2O3. The standard InChI is InChI=1S/C36H40N2O3.2ClH/c39-35(14-9-23-38-21-7-2-8-22-38)41-36-30(24-27-10-3-1-4-11-27)16-15-28-18-20-32(25-33(28)36)40-26-31-19-17-29-12-5-6-13-34(29)37-31;;/h1,3-6,10-13,17-20,25,30,36H,2,7-9,14-16,21-24,26H2;2*1H. The van der Waals surface area contributed by atoms with E-state index in [-0.39, 0.29) is 42.8 Å². The molecule has 2 unspecified atom stereocenters. The first-order chi connectivity index (χ1) is 20.2. The van der Waals surface area contributed by atoms with E-state index in [4.69, 9.17) is 14.5 Å². The van der Waals surface area contributed by atoms with Crippen molar-refractivity contribution in [2.75, 3.05) is 19.6 Å². The van der Waals surface area contributed by atoms with Crippen molar-refractivity contribution in [3.63, 3.8) is 0 Å². The Kier molecular flexibility index (Phi) is 12.3. The van der Waals surface area contributed by atoms with Crippen molar-refractivity contribution in [2.24, 2.45) is 5.92 Å². The molecule has 1 aromatic heterocycles. The van der Waals surface area contributed by atoms with Gasteiger partial charge in [0.25, 0.3) is 0 Å². The molecule has 1 aliphatic carbocycles. The second-order valence-corrected chi connectivity index (χ2v) is 11.5. The van der Waals surface area contributed by atoms with Crippen molar-refractivity contribution in [3.8, 4) is 5.75 Å². The lowest BCUT2D eigenvalue weighted by molar-refractivity contribution is -0.153. The summed E-state index contributed by atoms with van der Waals surface area (Å²) < 4.78 is 12.6. The van der Waals surface area contributed by atoms with Crippen molar-refractivity contribution in [1.82, 2.24) is 9.88 Å². The monoisotopic (exact) mass is 620 g/mol. The number of benzene rings is 3. The summed E-state index contributed by atoms with van der Waals surface area (Å²) in [6, 6.07) is 29.1. The lowest BCUT2D eigenvalue weighted by Crippen LogP contribution is -2.31. The Morgan fingerprint density at radius 2 is 1.67 bits per heavy atom. The molecule has 1 aliphatic heterocycles. The number of rotatable bonds is 10. The zero-order valence-electron chi connectivity index (χ0n) is 24.7. The number of pyridine rings is 1. The first-order valence-electron chi connectivity index (χ1n) is 15.3. The van der Waals surface area contributed by atoms with Crippen LogP contribution in [0.5, 0.6) is 5.75 Å². The van der Waals surface area contributed by atoms with Crippen molar-refractivity contribution in [3.05, 3.63) is 107 Å². The van der Waals surface area contributed by atoms with Crippen LogP contribution in [0.15, 0.2) is 84.9 Å². The van der Waals surface area contributed by atoms with Crippen LogP contribution in [0.2, 0.25) is 0 Å². The Labute approximate surface area is 267 Å². The number of ether oxygens (including phenoxy) is 2. The molecule has 1 fully saturated rings. The summed E-state index contributed by atoms with van der Waals surface area (Å²) in [5.74, 6) is 0.920. The van der Waals surface area contributed by atoms with Gasteiger partial charge in [0.15, 0.2) is 0 Å². The topological polar surface area (TPSA) is 51.7 Å². The number of esters is 1. The van der Waals surface area contributed by atoms with Crippen LogP contribution >= 0.6 is 24.8 Å². The number of hydrogen-bond donors (Lipinski definition) is 0. The number of halogens is 2. The largest absolute Gasteiger partial charge is 0.487 e. The second kappa shape index (κ2) is 16.1. The van der Waals surface area contributed by atoms with Gasteiger partial charge in [-0.05, 0) is 99.1 Å². The lowest BCUT2D eigenvalue weighted by atomic mass is 9.78. The average molecular weight is 622 g/mol. The zero-order chi connectivity index (χ0) is 27.9. The van der Waals surface area contributed by atoms with Crippen LogP contribution in [0.4, 0.5) is 0 Å². The number of aryl methyl sites for hydroxylation is 1. The molecule has 0 saturated carbocycles. The minimum Gasteiger partial charge on any atom is -0.487 e. The summed E-state index contributed by atoms with van der Waals surface area (Å²) in [4.78, 5) is 20.4. The molecule has 0 bridgehead atoms. The number of carbonyl (C=O) groups excluding carboxylic acids is 1. The van der Waals surface area contributed by atoms with E-state index >= 15 is 0 Å². The van der Waals surface area contributed by atoms with E-state index in [0.717, 1.165) is 73.2 Å². The highest BCUT2D eigenvalue weighted by molar-refractivity contribution is 5.85. The molecule has 1 saturated heterocycles. The summed E-state index contributed by atoms with van der Waals surface area (Å²) >= 11 is 0. The summed E-state index contributed by atoms with van der Waals surface area (Å²) in [6.07, 6.45) is 7.76. The van der Waals surface area contributed by atoms with Gasteiger partial charge in [0, 0.05) is 17.7 Å². The molecule has 228 valence electrons. The molecule has 5 nitrogen and oxygen atoms in total. The van der Waals surface area contributed by atoms with Gasteiger partial charge in [0.1, 0.15) is 18.5 Å². The fourth-order valence-corrected chi connectivity index (χ4v) is 6.36. The first-order valence-corrected chi connectivity index (χ1v) is 15.3. The second-order valence-electron chi connectivity index (χ2n) is 11.5. The van der Waals surface area contributed by atoms with E-state index in [2.05, 4.69) is 53.4 Å². The third kappa shape index (κ3) is 8.72. The lowest BCUT2D eigenvalue weighted by Gasteiger charge is -2.34. The highest BCUT2D eigenvalue weighted by Gasteiger charge is 2.33. The molecule has 0 N–H and O–H groups in total. The molecule has 0 amide bonds. The summed E-state index contributed by atoms with van der Waals surface area (Å²) in [7, 11) is 0. The molecule has 4 aromatic rings. The van der Waals surface area contributed by atoms with Crippen LogP contribution < -0.4 is 4.74 Å². The minimum atomic E-state index is -0.274. The van der Waals surface area contributed by atoms with E-state index in [0.29, 0.717) is 13.0 Å². The molecule has 2 aliphatic rings. The first kappa shape index (κ1) is 32.8. The van der Waals surface area contributed by atoms with Crippen molar-refractivity contribution < 1.29 is 14.3 Å². The number of aromatic nitrogens is 1. The number of hydrogen-bond acceptors (Lipinski definition) is 5. The molecule has 2 heterocycles. The minimum absolute atomic E-state index is 0. The van der Waals surface area contributed by atoms with Gasteiger partial charge < -0.3 is 14.4 Å². The van der Waals surface area contributed by atoms with Gasteiger partial charge in [-0.3, -0.25) is 4.79 Å². The van der Waals surface area contributed by atoms with Crippen molar-refractivity contribution in [2.45, 2.75) is 64.1 Å². The van der Waals surface area contributed by atoms with Gasteiger partial charge in [0.2, 0.25) is 0 Å². The Morgan fingerprint density at radius 3 is 2.51 bits per heavy atom. The predicted molar refractivity (Wildman–Crippen MR) is 177 cm³/mol. The summed E-state index contributed by atoms with van der Waals surface area (Å²) in [5.41, 5.74) is 5.47. The van der Waals surface area contributed by atoms with Gasteiger partial charge in [0.05, 0.1) is 11.2 Å². The SMILES string of the molecule is Cl.Cl.O=C(CCCN1CCCCC1)OC1c2cc(OCc3ccc4ccccc4n3)ccc2CCC1Cc1ccccc1. The van der Waals surface area contributed by atoms with E-state index < -0.39 is 0 Å². The van der Waals surface area contributed by atoms with Crippen LogP contribution in [-0.4, -0.2) is 35.5 Å². The van der Waals surface area contributed by atoms with Crippen molar-refractivity contribution >= 4 is 41.7 Å². The third-order valence-electron chi connectivity index (χ3n) is 8.58. The van der Waals surface area contributed by atoms with E-state index in [1.165, 1.54) is 30.4 Å². The fraction of sp³-hybridized carbons (Fsp3) is 0.389. The Morgan fingerprint density at radius 1 is 0.884 bits per heavy atom. The van der Waals surface area contributed by atoms with E-state index in [1.54, 1.807) is 0 Å². The van der Waals surface area contributed by atoms with Crippen LogP contribution in [-0.2, 0) is 29.0 Å². The number of para-hydroxylation sites is 1. The van der Waals surface area contributed by atoms with Crippen LogP contribution in [0.3, 0.4) is 0 Å². The maximum absolute atomic E-state index is 13.2. The molecular weight excluding hydrogens is 579 g/mol. The maximum Gasteiger partial charge on any atom is 0.306 e. The van der Waals surface area contributed by atoms with Crippen LogP contribution in [0, 0.1) is 5.92 Å². The highest BCUT2D eigenvalue weighted by Crippen LogP contribution is 2.41. The smallest absolute Gasteiger partial charge is 0.306 e. The normalized spacial score (nSPS) is 18.1. The number of nitrogens with zero attached hydrogens (tertiary/aromatic N) is 2. The highest BCUT2D eigenvalue weighted by atomic mass is 35.5. The van der Waals surface area contributed by atoms with Crippen molar-refractivity contribution in [1.29, 1.82) is 0 Å². The molecule has 43 heavy (non-hydrogen) atoms. The van der Waals surface area contributed by atoms with Gasteiger partial charge in [-0.15, -0.1) is 24.8 Å². The van der Waals surface area contributed by atoms with E-state index in [9.17, 15) is 4.79 Å². The predicted octanol–water partition coefficient (Wildman–Crippen LogP) is 8.31. The number of piperidine rings is 1. The molecule has 2 atom stereocenters. The molecule has 6 rings (SSSR count). The van der Waals surface area contributed by atoms with Gasteiger partial charge in [-0.1, -0.05) is 67.1 Å².